The Morgan fingerprint density at radius 1 is 1.64 bits per heavy atom. The standard InChI is InChI=1S/C12H19NS/c1-4-13-11(8-7-10(2)3)12-6-5-9-14-12/h5-6,9,11,13H,2,4,7-8H2,1,3H3. The third-order valence-corrected chi connectivity index (χ3v) is 3.18. The Labute approximate surface area is 90.9 Å². The molecule has 0 fully saturated rings. The normalized spacial score (nSPS) is 12.7. The fraction of sp³-hybridized carbons (Fsp3) is 0.500. The van der Waals surface area contributed by atoms with Crippen LogP contribution in [0.3, 0.4) is 0 Å². The molecule has 0 saturated heterocycles. The molecular weight excluding hydrogens is 190 g/mol. The molecule has 0 amide bonds. The summed E-state index contributed by atoms with van der Waals surface area (Å²) in [6, 6.07) is 4.83. The quantitative estimate of drug-likeness (QED) is 0.703. The monoisotopic (exact) mass is 209 g/mol. The van der Waals surface area contributed by atoms with Gasteiger partial charge >= 0.3 is 0 Å². The van der Waals surface area contributed by atoms with Crippen LogP contribution in [0.15, 0.2) is 29.7 Å². The Morgan fingerprint density at radius 2 is 2.43 bits per heavy atom. The van der Waals surface area contributed by atoms with Crippen LogP contribution < -0.4 is 5.32 Å². The third kappa shape index (κ3) is 3.64. The minimum absolute atomic E-state index is 0.511. The highest BCUT2D eigenvalue weighted by atomic mass is 32.1. The van der Waals surface area contributed by atoms with Gasteiger partial charge in [0.25, 0.3) is 0 Å². The van der Waals surface area contributed by atoms with Gasteiger partial charge < -0.3 is 5.32 Å². The Kier molecular flexibility index (Phi) is 4.91. The van der Waals surface area contributed by atoms with E-state index in [2.05, 4.69) is 43.3 Å². The highest BCUT2D eigenvalue weighted by Gasteiger charge is 2.10. The summed E-state index contributed by atoms with van der Waals surface area (Å²) in [5, 5.41) is 5.65. The van der Waals surface area contributed by atoms with E-state index in [1.54, 1.807) is 0 Å². The molecule has 0 bridgehead atoms. The second-order valence-corrected chi connectivity index (χ2v) is 4.60. The molecule has 2 heteroatoms. The number of hydrogen-bond donors (Lipinski definition) is 1. The molecule has 0 saturated carbocycles. The Balaban J connectivity index is 2.51. The summed E-state index contributed by atoms with van der Waals surface area (Å²) in [5.74, 6) is 0. The second-order valence-electron chi connectivity index (χ2n) is 3.62. The van der Waals surface area contributed by atoms with Gasteiger partial charge in [0.05, 0.1) is 0 Å². The van der Waals surface area contributed by atoms with E-state index in [0.29, 0.717) is 6.04 Å². The number of thiophene rings is 1. The molecule has 78 valence electrons. The zero-order valence-electron chi connectivity index (χ0n) is 9.05. The minimum atomic E-state index is 0.511. The number of allylic oxidation sites excluding steroid dienone is 1. The highest BCUT2D eigenvalue weighted by Crippen LogP contribution is 2.24. The van der Waals surface area contributed by atoms with Crippen LogP contribution in [0.2, 0.25) is 0 Å². The minimum Gasteiger partial charge on any atom is -0.310 e. The maximum absolute atomic E-state index is 3.94. The molecule has 1 nitrogen and oxygen atoms in total. The lowest BCUT2D eigenvalue weighted by Gasteiger charge is -2.16. The maximum atomic E-state index is 3.94. The van der Waals surface area contributed by atoms with E-state index in [1.165, 1.54) is 10.5 Å². The van der Waals surface area contributed by atoms with Crippen molar-refractivity contribution in [3.63, 3.8) is 0 Å². The molecule has 0 aliphatic rings. The van der Waals surface area contributed by atoms with Gasteiger partial charge in [-0.05, 0) is 37.8 Å². The predicted molar refractivity (Wildman–Crippen MR) is 64.8 cm³/mol. The molecular formula is C12H19NS. The van der Waals surface area contributed by atoms with Crippen LogP contribution in [0.25, 0.3) is 0 Å². The fourth-order valence-corrected chi connectivity index (χ4v) is 2.31. The molecule has 1 heterocycles. The molecule has 1 aromatic rings. The van der Waals surface area contributed by atoms with Crippen molar-refractivity contribution in [2.45, 2.75) is 32.7 Å². The second kappa shape index (κ2) is 5.99. The summed E-state index contributed by atoms with van der Waals surface area (Å²) in [6.45, 7) is 9.22. The van der Waals surface area contributed by atoms with E-state index in [0.717, 1.165) is 19.4 Å². The van der Waals surface area contributed by atoms with Crippen molar-refractivity contribution in [2.24, 2.45) is 0 Å². The van der Waals surface area contributed by atoms with E-state index < -0.39 is 0 Å². The molecule has 14 heavy (non-hydrogen) atoms. The van der Waals surface area contributed by atoms with Crippen molar-refractivity contribution in [3.05, 3.63) is 34.5 Å². The first-order chi connectivity index (χ1) is 6.74. The summed E-state index contributed by atoms with van der Waals surface area (Å²) in [4.78, 5) is 1.44. The van der Waals surface area contributed by atoms with E-state index in [4.69, 9.17) is 0 Å². The summed E-state index contributed by atoms with van der Waals surface area (Å²) in [5.41, 5.74) is 1.27. The summed E-state index contributed by atoms with van der Waals surface area (Å²) >= 11 is 1.83. The third-order valence-electron chi connectivity index (χ3n) is 2.20. The smallest absolute Gasteiger partial charge is 0.0417 e. The lowest BCUT2D eigenvalue weighted by Crippen LogP contribution is -2.19. The zero-order chi connectivity index (χ0) is 10.4. The average Bonchev–Trinajstić information content (AvgIpc) is 2.64. The Bertz CT molecular complexity index is 264. The topological polar surface area (TPSA) is 12.0 Å². The molecule has 1 atom stereocenters. The summed E-state index contributed by atoms with van der Waals surface area (Å²) in [6.07, 6.45) is 2.26. The van der Waals surface area contributed by atoms with Gasteiger partial charge in [0.15, 0.2) is 0 Å². The first kappa shape index (κ1) is 11.5. The zero-order valence-corrected chi connectivity index (χ0v) is 9.86. The molecule has 0 aliphatic heterocycles. The fourth-order valence-electron chi connectivity index (χ4n) is 1.47. The molecule has 1 unspecified atom stereocenters. The Hall–Kier alpha value is -0.600. The van der Waals surface area contributed by atoms with Gasteiger partial charge in [-0.25, -0.2) is 0 Å². The number of hydrogen-bond acceptors (Lipinski definition) is 2. The predicted octanol–water partition coefficient (Wildman–Crippen LogP) is 3.76. The van der Waals surface area contributed by atoms with Crippen LogP contribution >= 0.6 is 11.3 Å². The molecule has 0 aromatic carbocycles. The van der Waals surface area contributed by atoms with Crippen molar-refractivity contribution >= 4 is 11.3 Å². The number of rotatable bonds is 6. The van der Waals surface area contributed by atoms with E-state index in [9.17, 15) is 0 Å². The lowest BCUT2D eigenvalue weighted by molar-refractivity contribution is 0.522. The van der Waals surface area contributed by atoms with Crippen molar-refractivity contribution in [3.8, 4) is 0 Å². The van der Waals surface area contributed by atoms with Gasteiger partial charge in [-0.15, -0.1) is 17.9 Å². The van der Waals surface area contributed by atoms with Crippen LogP contribution in [-0.4, -0.2) is 6.54 Å². The van der Waals surface area contributed by atoms with E-state index in [-0.39, 0.29) is 0 Å². The maximum Gasteiger partial charge on any atom is 0.0417 e. The van der Waals surface area contributed by atoms with Crippen molar-refractivity contribution in [1.29, 1.82) is 0 Å². The molecule has 0 radical (unpaired) electrons. The average molecular weight is 209 g/mol. The van der Waals surface area contributed by atoms with Gasteiger partial charge in [0, 0.05) is 10.9 Å². The molecule has 0 spiro atoms. The van der Waals surface area contributed by atoms with Crippen LogP contribution in [0.1, 0.15) is 37.6 Å². The van der Waals surface area contributed by atoms with Crippen LogP contribution in [0.5, 0.6) is 0 Å². The lowest BCUT2D eigenvalue weighted by atomic mass is 10.1. The Morgan fingerprint density at radius 3 is 2.93 bits per heavy atom. The van der Waals surface area contributed by atoms with Crippen LogP contribution in [0, 0.1) is 0 Å². The largest absolute Gasteiger partial charge is 0.310 e. The van der Waals surface area contributed by atoms with Gasteiger partial charge in [-0.2, -0.15) is 0 Å². The highest BCUT2D eigenvalue weighted by molar-refractivity contribution is 7.10. The van der Waals surface area contributed by atoms with Crippen molar-refractivity contribution < 1.29 is 0 Å². The van der Waals surface area contributed by atoms with E-state index in [1.807, 2.05) is 11.3 Å². The number of nitrogens with one attached hydrogen (secondary N) is 1. The first-order valence-corrected chi connectivity index (χ1v) is 6.03. The SMILES string of the molecule is C=C(C)CCC(NCC)c1cccs1. The molecule has 1 N–H and O–H groups in total. The van der Waals surface area contributed by atoms with Gasteiger partial charge in [-0.1, -0.05) is 18.6 Å². The van der Waals surface area contributed by atoms with Crippen LogP contribution in [-0.2, 0) is 0 Å². The van der Waals surface area contributed by atoms with Gasteiger partial charge in [-0.3, -0.25) is 0 Å². The van der Waals surface area contributed by atoms with Gasteiger partial charge in [0.1, 0.15) is 0 Å². The molecule has 0 aliphatic carbocycles. The molecule has 1 aromatic heterocycles. The summed E-state index contributed by atoms with van der Waals surface area (Å²) < 4.78 is 0. The first-order valence-electron chi connectivity index (χ1n) is 5.15. The van der Waals surface area contributed by atoms with E-state index >= 15 is 0 Å². The van der Waals surface area contributed by atoms with Crippen molar-refractivity contribution in [2.75, 3.05) is 6.54 Å². The van der Waals surface area contributed by atoms with Crippen molar-refractivity contribution in [1.82, 2.24) is 5.32 Å². The molecule has 1 rings (SSSR count). The summed E-state index contributed by atoms with van der Waals surface area (Å²) in [7, 11) is 0. The van der Waals surface area contributed by atoms with Gasteiger partial charge in [0.2, 0.25) is 0 Å². The van der Waals surface area contributed by atoms with Crippen LogP contribution in [0.4, 0.5) is 0 Å².